The van der Waals surface area contributed by atoms with Gasteiger partial charge in [-0.1, -0.05) is 22.9 Å². The van der Waals surface area contributed by atoms with Crippen molar-refractivity contribution in [3.8, 4) is 5.82 Å². The summed E-state index contributed by atoms with van der Waals surface area (Å²) in [6.07, 6.45) is 5.72. The van der Waals surface area contributed by atoms with Crippen LogP contribution in [0.1, 0.15) is 37.9 Å². The normalized spacial score (nSPS) is 22.5. The van der Waals surface area contributed by atoms with Crippen LogP contribution in [0.25, 0.3) is 22.4 Å². The third-order valence-electron chi connectivity index (χ3n) is 6.61. The van der Waals surface area contributed by atoms with Crippen molar-refractivity contribution in [3.63, 3.8) is 0 Å². The summed E-state index contributed by atoms with van der Waals surface area (Å²) in [5.41, 5.74) is 2.10. The van der Waals surface area contributed by atoms with E-state index in [0.29, 0.717) is 28.5 Å². The summed E-state index contributed by atoms with van der Waals surface area (Å²) in [7, 11) is 1.68. The highest BCUT2D eigenvalue weighted by Gasteiger charge is 2.48. The molecule has 160 valence electrons. The van der Waals surface area contributed by atoms with Gasteiger partial charge in [-0.05, 0) is 38.3 Å². The maximum atomic E-state index is 13.9. The van der Waals surface area contributed by atoms with E-state index in [1.165, 1.54) is 0 Å². The lowest BCUT2D eigenvalue weighted by Gasteiger charge is -2.21. The molecule has 4 heterocycles. The highest BCUT2D eigenvalue weighted by atomic mass is 35.5. The number of halogens is 1. The number of fused-ring (bicyclic) bond motifs is 3. The lowest BCUT2D eigenvalue weighted by atomic mass is 10.1. The van der Waals surface area contributed by atoms with Crippen molar-refractivity contribution in [1.82, 2.24) is 28.9 Å². The van der Waals surface area contributed by atoms with Gasteiger partial charge in [0.15, 0.2) is 11.3 Å². The molecule has 2 atom stereocenters. The molecule has 1 aromatic carbocycles. The fourth-order valence-electron chi connectivity index (χ4n) is 4.78. The van der Waals surface area contributed by atoms with Crippen LogP contribution in [0.15, 0.2) is 35.5 Å². The number of methoxy groups -OCH3 is 1. The second-order valence-electron chi connectivity index (χ2n) is 8.23. The molecular weight excluding hydrogens is 420 g/mol. The zero-order valence-electron chi connectivity index (χ0n) is 17.2. The molecule has 6 rings (SSSR count). The van der Waals surface area contributed by atoms with Crippen molar-refractivity contribution in [3.05, 3.63) is 51.8 Å². The zero-order chi connectivity index (χ0) is 21.3. The Morgan fingerprint density at radius 1 is 1.29 bits per heavy atom. The monoisotopic (exact) mass is 440 g/mol. The first-order valence-electron chi connectivity index (χ1n) is 10.3. The second-order valence-corrected chi connectivity index (χ2v) is 8.64. The van der Waals surface area contributed by atoms with E-state index in [2.05, 4.69) is 15.3 Å². The van der Waals surface area contributed by atoms with Crippen LogP contribution >= 0.6 is 11.6 Å². The van der Waals surface area contributed by atoms with E-state index in [-0.39, 0.29) is 17.7 Å². The number of hydrogen-bond acceptors (Lipinski definition) is 6. The van der Waals surface area contributed by atoms with Crippen molar-refractivity contribution in [2.45, 2.75) is 43.9 Å². The largest absolute Gasteiger partial charge is 0.376 e. The van der Waals surface area contributed by atoms with Crippen molar-refractivity contribution >= 4 is 28.2 Å². The molecule has 4 aromatic rings. The molecule has 0 radical (unpaired) electrons. The van der Waals surface area contributed by atoms with Gasteiger partial charge in [0.2, 0.25) is 0 Å². The van der Waals surface area contributed by atoms with Crippen LogP contribution < -0.4 is 5.56 Å². The molecule has 1 saturated carbocycles. The summed E-state index contributed by atoms with van der Waals surface area (Å²) < 4.78 is 16.7. The quantitative estimate of drug-likeness (QED) is 0.485. The highest BCUT2D eigenvalue weighted by molar-refractivity contribution is 6.35. The van der Waals surface area contributed by atoms with Crippen LogP contribution in [0.2, 0.25) is 5.02 Å². The Bertz CT molecular complexity index is 1390. The maximum absolute atomic E-state index is 13.9. The Morgan fingerprint density at radius 2 is 2.13 bits per heavy atom. The van der Waals surface area contributed by atoms with Crippen molar-refractivity contribution in [1.29, 1.82) is 0 Å². The van der Waals surface area contributed by atoms with Crippen LogP contribution in [0.5, 0.6) is 0 Å². The number of imidazole rings is 1. The standard InChI is InChI=1S/C21H21ClN6O3/c1-12-14(6-9-31-12)27-17-13(22)4-3-5-15(17)26-11-23-19(18(26)20(27)29)28-16(10-24-25-28)21(30-2)7-8-21/h3-5,10-12,14H,6-9H2,1-2H3. The fourth-order valence-corrected chi connectivity index (χ4v) is 5.04. The van der Waals surface area contributed by atoms with E-state index in [1.807, 2.05) is 19.1 Å². The molecule has 31 heavy (non-hydrogen) atoms. The van der Waals surface area contributed by atoms with E-state index in [4.69, 9.17) is 21.1 Å². The highest BCUT2D eigenvalue weighted by Crippen LogP contribution is 2.48. The molecule has 0 amide bonds. The van der Waals surface area contributed by atoms with Gasteiger partial charge in [-0.2, -0.15) is 4.68 Å². The molecule has 2 unspecified atom stereocenters. The second kappa shape index (κ2) is 6.62. The average molecular weight is 441 g/mol. The molecule has 0 spiro atoms. The summed E-state index contributed by atoms with van der Waals surface area (Å²) in [5, 5.41) is 8.86. The number of para-hydroxylation sites is 1. The minimum atomic E-state index is -0.424. The fraction of sp³-hybridized carbons (Fsp3) is 0.429. The van der Waals surface area contributed by atoms with Crippen molar-refractivity contribution in [2.75, 3.05) is 13.7 Å². The van der Waals surface area contributed by atoms with Gasteiger partial charge in [0.1, 0.15) is 11.9 Å². The van der Waals surface area contributed by atoms with Crippen LogP contribution in [-0.4, -0.2) is 48.8 Å². The van der Waals surface area contributed by atoms with E-state index < -0.39 is 5.60 Å². The van der Waals surface area contributed by atoms with Crippen LogP contribution in [0.4, 0.5) is 0 Å². The number of aromatic nitrogens is 6. The average Bonchev–Trinajstić information content (AvgIpc) is 3.12. The first kappa shape index (κ1) is 19.0. The van der Waals surface area contributed by atoms with Gasteiger partial charge in [-0.3, -0.25) is 13.8 Å². The SMILES string of the molecule is COC1(c2cnnn2-c2ncn3c2c(=O)n(C2CCOC2C)c2c(Cl)cccc23)CC1. The molecule has 10 heteroatoms. The zero-order valence-corrected chi connectivity index (χ0v) is 17.9. The minimum Gasteiger partial charge on any atom is -0.376 e. The number of hydrogen-bond donors (Lipinski definition) is 0. The molecule has 1 saturated heterocycles. The molecule has 0 bridgehead atoms. The van der Waals surface area contributed by atoms with Gasteiger partial charge in [-0.15, -0.1) is 5.10 Å². The Hall–Kier alpha value is -2.75. The lowest BCUT2D eigenvalue weighted by Crippen LogP contribution is -2.31. The van der Waals surface area contributed by atoms with E-state index in [1.54, 1.807) is 39.3 Å². The van der Waals surface area contributed by atoms with Crippen molar-refractivity contribution in [2.24, 2.45) is 0 Å². The summed E-state index contributed by atoms with van der Waals surface area (Å²) in [6.45, 7) is 2.59. The van der Waals surface area contributed by atoms with Gasteiger partial charge in [-0.25, -0.2) is 4.98 Å². The summed E-state index contributed by atoms with van der Waals surface area (Å²) in [4.78, 5) is 18.5. The Labute approximate surface area is 182 Å². The lowest BCUT2D eigenvalue weighted by molar-refractivity contribution is 0.0729. The van der Waals surface area contributed by atoms with E-state index in [0.717, 1.165) is 30.5 Å². The molecule has 0 N–H and O–H groups in total. The minimum absolute atomic E-state index is 0.101. The first-order chi connectivity index (χ1) is 15.1. The molecule has 2 aliphatic rings. The Kier molecular flexibility index (Phi) is 4.05. The van der Waals surface area contributed by atoms with E-state index in [9.17, 15) is 4.79 Å². The first-order valence-corrected chi connectivity index (χ1v) is 10.7. The Morgan fingerprint density at radius 3 is 2.84 bits per heavy atom. The molecular formula is C21H21ClN6O3. The van der Waals surface area contributed by atoms with Crippen LogP contribution in [-0.2, 0) is 15.1 Å². The molecule has 2 fully saturated rings. The molecule has 9 nitrogen and oxygen atoms in total. The number of benzene rings is 1. The van der Waals surface area contributed by atoms with Gasteiger partial charge >= 0.3 is 0 Å². The summed E-state index contributed by atoms with van der Waals surface area (Å²) in [6, 6.07) is 5.50. The number of ether oxygens (including phenoxy) is 2. The predicted molar refractivity (Wildman–Crippen MR) is 114 cm³/mol. The van der Waals surface area contributed by atoms with Crippen molar-refractivity contribution < 1.29 is 9.47 Å². The third kappa shape index (κ3) is 2.57. The van der Waals surface area contributed by atoms with Crippen LogP contribution in [0, 0.1) is 0 Å². The number of nitrogens with zero attached hydrogens (tertiary/aromatic N) is 6. The molecule has 1 aliphatic carbocycles. The van der Waals surface area contributed by atoms with Gasteiger partial charge in [0.05, 0.1) is 40.1 Å². The summed E-state index contributed by atoms with van der Waals surface area (Å²) >= 11 is 6.60. The summed E-state index contributed by atoms with van der Waals surface area (Å²) in [5.74, 6) is 0.433. The number of rotatable bonds is 4. The van der Waals surface area contributed by atoms with E-state index >= 15 is 0 Å². The topological polar surface area (TPSA) is 88.5 Å². The maximum Gasteiger partial charge on any atom is 0.279 e. The molecule has 1 aliphatic heterocycles. The smallest absolute Gasteiger partial charge is 0.279 e. The van der Waals surface area contributed by atoms with Crippen LogP contribution in [0.3, 0.4) is 0 Å². The van der Waals surface area contributed by atoms with Gasteiger partial charge in [0.25, 0.3) is 5.56 Å². The van der Waals surface area contributed by atoms with Gasteiger partial charge < -0.3 is 9.47 Å². The predicted octanol–water partition coefficient (Wildman–Crippen LogP) is 2.87. The Balaban J connectivity index is 1.70. The third-order valence-corrected chi connectivity index (χ3v) is 6.92. The van der Waals surface area contributed by atoms with Gasteiger partial charge in [0, 0.05) is 13.7 Å². The molecule has 3 aromatic heterocycles.